The van der Waals surface area contributed by atoms with E-state index >= 15 is 0 Å². The lowest BCUT2D eigenvalue weighted by Crippen LogP contribution is -2.28. The Hall–Kier alpha value is -1.65. The van der Waals surface area contributed by atoms with Gasteiger partial charge in [-0.3, -0.25) is 0 Å². The van der Waals surface area contributed by atoms with Crippen LogP contribution in [0.4, 0.5) is 0 Å². The molecule has 0 saturated heterocycles. The van der Waals surface area contributed by atoms with E-state index < -0.39 is 10.0 Å². The fourth-order valence-electron chi connectivity index (χ4n) is 2.48. The molecule has 2 rings (SSSR count). The lowest BCUT2D eigenvalue weighted by Gasteiger charge is -2.17. The maximum Gasteiger partial charge on any atom is 0.216 e. The van der Waals surface area contributed by atoms with Crippen molar-refractivity contribution in [1.82, 2.24) is 4.72 Å². The van der Waals surface area contributed by atoms with Gasteiger partial charge in [0, 0.05) is 6.04 Å². The molecule has 0 spiro atoms. The number of nitrogens with one attached hydrogen (secondary N) is 1. The van der Waals surface area contributed by atoms with Gasteiger partial charge < -0.3 is 0 Å². The monoisotopic (exact) mass is 303 g/mol. The lowest BCUT2D eigenvalue weighted by atomic mass is 10.0. The van der Waals surface area contributed by atoms with Crippen molar-refractivity contribution in [3.63, 3.8) is 0 Å². The molecule has 3 nitrogen and oxygen atoms in total. The zero-order valence-electron chi connectivity index (χ0n) is 12.6. The summed E-state index contributed by atoms with van der Waals surface area (Å²) in [5.74, 6) is 0.00306. The summed E-state index contributed by atoms with van der Waals surface area (Å²) in [6, 6.07) is 15.0. The Morgan fingerprint density at radius 3 is 2.33 bits per heavy atom. The highest BCUT2D eigenvalue weighted by molar-refractivity contribution is 7.88. The highest BCUT2D eigenvalue weighted by atomic mass is 32.2. The van der Waals surface area contributed by atoms with Crippen LogP contribution < -0.4 is 4.72 Å². The summed E-state index contributed by atoms with van der Waals surface area (Å²) in [6.07, 6.45) is 0. The average Bonchev–Trinajstić information content (AvgIpc) is 2.38. The Morgan fingerprint density at radius 2 is 1.71 bits per heavy atom. The van der Waals surface area contributed by atoms with Crippen LogP contribution in [0, 0.1) is 13.8 Å². The molecule has 2 aromatic carbocycles. The van der Waals surface area contributed by atoms with E-state index in [1.165, 1.54) is 5.56 Å². The van der Waals surface area contributed by atoms with Gasteiger partial charge in [-0.15, -0.1) is 0 Å². The zero-order chi connectivity index (χ0) is 15.5. The van der Waals surface area contributed by atoms with Crippen LogP contribution in [0.2, 0.25) is 0 Å². The maximum atomic E-state index is 12.3. The molecule has 112 valence electrons. The van der Waals surface area contributed by atoms with Gasteiger partial charge in [0.15, 0.2) is 0 Å². The summed E-state index contributed by atoms with van der Waals surface area (Å²) in [7, 11) is -3.36. The zero-order valence-corrected chi connectivity index (χ0v) is 13.4. The van der Waals surface area contributed by atoms with E-state index in [9.17, 15) is 8.42 Å². The normalized spacial score (nSPS) is 13.1. The second-order valence-corrected chi connectivity index (χ2v) is 7.20. The first-order valence-corrected chi connectivity index (χ1v) is 8.64. The molecule has 0 saturated carbocycles. The van der Waals surface area contributed by atoms with Gasteiger partial charge in [0.25, 0.3) is 0 Å². The smallest absolute Gasteiger partial charge is 0.212 e. The molecule has 0 amide bonds. The SMILES string of the molecule is Cc1ccc(C(C)NS(=O)(=O)Cc2ccccc2)c(C)c1. The first-order valence-electron chi connectivity index (χ1n) is 6.98. The van der Waals surface area contributed by atoms with E-state index in [0.29, 0.717) is 0 Å². The van der Waals surface area contributed by atoms with E-state index in [0.717, 1.165) is 16.7 Å². The van der Waals surface area contributed by atoms with E-state index in [1.54, 1.807) is 0 Å². The van der Waals surface area contributed by atoms with Crippen molar-refractivity contribution in [2.75, 3.05) is 0 Å². The van der Waals surface area contributed by atoms with Gasteiger partial charge in [0.1, 0.15) is 0 Å². The molecular formula is C17H21NO2S. The Kier molecular flexibility index (Phi) is 4.80. The van der Waals surface area contributed by atoms with Gasteiger partial charge in [0.05, 0.1) is 5.75 Å². The van der Waals surface area contributed by atoms with Crippen LogP contribution >= 0.6 is 0 Å². The topological polar surface area (TPSA) is 46.2 Å². The average molecular weight is 303 g/mol. The highest BCUT2D eigenvalue weighted by Crippen LogP contribution is 2.20. The largest absolute Gasteiger partial charge is 0.216 e. The van der Waals surface area contributed by atoms with E-state index in [1.807, 2.05) is 63.2 Å². The van der Waals surface area contributed by atoms with E-state index in [4.69, 9.17) is 0 Å². The Morgan fingerprint density at radius 1 is 1.05 bits per heavy atom. The quantitative estimate of drug-likeness (QED) is 0.919. The van der Waals surface area contributed by atoms with Gasteiger partial charge in [0.2, 0.25) is 10.0 Å². The van der Waals surface area contributed by atoms with Crippen LogP contribution in [0.25, 0.3) is 0 Å². The van der Waals surface area contributed by atoms with Crippen molar-refractivity contribution in [2.45, 2.75) is 32.6 Å². The number of hydrogen-bond donors (Lipinski definition) is 1. The lowest BCUT2D eigenvalue weighted by molar-refractivity contribution is 0.565. The predicted molar refractivity (Wildman–Crippen MR) is 86.5 cm³/mol. The molecule has 1 atom stereocenters. The number of rotatable bonds is 5. The second-order valence-electron chi connectivity index (χ2n) is 5.44. The van der Waals surface area contributed by atoms with E-state index in [2.05, 4.69) is 10.8 Å². The summed E-state index contributed by atoms with van der Waals surface area (Å²) in [5, 5.41) is 0. The maximum absolute atomic E-state index is 12.3. The van der Waals surface area contributed by atoms with Crippen LogP contribution in [-0.4, -0.2) is 8.42 Å². The fraction of sp³-hybridized carbons (Fsp3) is 0.294. The third kappa shape index (κ3) is 4.41. The molecule has 0 aromatic heterocycles. The summed E-state index contributed by atoms with van der Waals surface area (Å²) in [5.41, 5.74) is 4.08. The Bertz CT molecular complexity index is 709. The molecule has 21 heavy (non-hydrogen) atoms. The highest BCUT2D eigenvalue weighted by Gasteiger charge is 2.17. The summed E-state index contributed by atoms with van der Waals surface area (Å²) in [4.78, 5) is 0. The number of sulfonamides is 1. The predicted octanol–water partition coefficient (Wildman–Crippen LogP) is 3.48. The third-order valence-corrected chi connectivity index (χ3v) is 4.87. The molecular weight excluding hydrogens is 282 g/mol. The minimum absolute atomic E-state index is 0.00306. The summed E-state index contributed by atoms with van der Waals surface area (Å²) < 4.78 is 27.3. The molecule has 0 bridgehead atoms. The molecule has 2 aromatic rings. The molecule has 0 aliphatic heterocycles. The van der Waals surface area contributed by atoms with Crippen LogP contribution in [-0.2, 0) is 15.8 Å². The minimum Gasteiger partial charge on any atom is -0.212 e. The van der Waals surface area contributed by atoms with Gasteiger partial charge in [-0.2, -0.15) is 0 Å². The number of benzene rings is 2. The van der Waals surface area contributed by atoms with Gasteiger partial charge in [-0.25, -0.2) is 13.1 Å². The van der Waals surface area contributed by atoms with Crippen LogP contribution in [0.15, 0.2) is 48.5 Å². The fourth-order valence-corrected chi connectivity index (χ4v) is 3.86. The van der Waals surface area contributed by atoms with Gasteiger partial charge in [-0.05, 0) is 37.5 Å². The van der Waals surface area contributed by atoms with Crippen LogP contribution in [0.5, 0.6) is 0 Å². The van der Waals surface area contributed by atoms with Crippen molar-refractivity contribution in [2.24, 2.45) is 0 Å². The van der Waals surface area contributed by atoms with Gasteiger partial charge in [-0.1, -0.05) is 54.1 Å². The molecule has 1 N–H and O–H groups in total. The van der Waals surface area contributed by atoms with Crippen LogP contribution in [0.1, 0.15) is 35.2 Å². The summed E-state index contributed by atoms with van der Waals surface area (Å²) in [6.45, 7) is 5.91. The van der Waals surface area contributed by atoms with Crippen LogP contribution in [0.3, 0.4) is 0 Å². The molecule has 0 aliphatic carbocycles. The first-order chi connectivity index (χ1) is 9.87. The van der Waals surface area contributed by atoms with Crippen molar-refractivity contribution < 1.29 is 8.42 Å². The Balaban J connectivity index is 2.12. The third-order valence-electron chi connectivity index (χ3n) is 3.45. The van der Waals surface area contributed by atoms with Crippen molar-refractivity contribution >= 4 is 10.0 Å². The second kappa shape index (κ2) is 6.41. The molecule has 0 radical (unpaired) electrons. The van der Waals surface area contributed by atoms with Crippen molar-refractivity contribution in [3.05, 3.63) is 70.8 Å². The van der Waals surface area contributed by atoms with Gasteiger partial charge >= 0.3 is 0 Å². The number of aryl methyl sites for hydroxylation is 2. The molecule has 1 unspecified atom stereocenters. The number of hydrogen-bond acceptors (Lipinski definition) is 2. The standard InChI is InChI=1S/C17H21NO2S/c1-13-9-10-17(14(2)11-13)15(3)18-21(19,20)12-16-7-5-4-6-8-16/h4-11,15,18H,12H2,1-3H3. The van der Waals surface area contributed by atoms with E-state index in [-0.39, 0.29) is 11.8 Å². The Labute approximate surface area is 127 Å². The molecule has 0 heterocycles. The molecule has 0 aliphatic rings. The minimum atomic E-state index is -3.36. The molecule has 4 heteroatoms. The molecule has 0 fully saturated rings. The first kappa shape index (κ1) is 15.7. The van der Waals surface area contributed by atoms with Crippen molar-refractivity contribution in [3.8, 4) is 0 Å². The van der Waals surface area contributed by atoms with Crippen molar-refractivity contribution in [1.29, 1.82) is 0 Å². The summed E-state index contributed by atoms with van der Waals surface area (Å²) >= 11 is 0.